The van der Waals surface area contributed by atoms with E-state index in [0.29, 0.717) is 0 Å². The molecule has 0 fully saturated rings. The Morgan fingerprint density at radius 1 is 1.35 bits per heavy atom. The molecule has 2 rings (SSSR count). The molecule has 1 aliphatic rings. The minimum absolute atomic E-state index is 0.189. The third-order valence-corrected chi connectivity index (χ3v) is 4.46. The Balaban J connectivity index is 2.22. The zero-order valence-electron chi connectivity index (χ0n) is 10.5. The van der Waals surface area contributed by atoms with Crippen LogP contribution in [0.3, 0.4) is 0 Å². The summed E-state index contributed by atoms with van der Waals surface area (Å²) in [5, 5.41) is 0. The molecule has 0 aliphatic heterocycles. The third kappa shape index (κ3) is 2.66. The van der Waals surface area contributed by atoms with E-state index < -0.39 is 0 Å². The lowest BCUT2D eigenvalue weighted by atomic mass is 9.69. The third-order valence-electron chi connectivity index (χ3n) is 3.95. The van der Waals surface area contributed by atoms with Crippen LogP contribution >= 0.6 is 11.6 Å². The van der Waals surface area contributed by atoms with Gasteiger partial charge in [0.1, 0.15) is 0 Å². The topological polar surface area (TPSA) is 9.23 Å². The number of fused-ring (bicyclic) bond motifs is 1. The molecule has 0 spiro atoms. The van der Waals surface area contributed by atoms with E-state index >= 15 is 0 Å². The molecule has 1 aliphatic carbocycles. The number of rotatable bonds is 5. The van der Waals surface area contributed by atoms with Gasteiger partial charge in [0.2, 0.25) is 0 Å². The van der Waals surface area contributed by atoms with Crippen molar-refractivity contribution in [3.05, 3.63) is 35.4 Å². The van der Waals surface area contributed by atoms with E-state index in [-0.39, 0.29) is 5.41 Å². The Hall–Kier alpha value is -0.530. The first-order chi connectivity index (χ1) is 8.32. The first-order valence-electron chi connectivity index (χ1n) is 6.46. The highest BCUT2D eigenvalue weighted by molar-refractivity contribution is 6.18. The highest BCUT2D eigenvalue weighted by atomic mass is 35.5. The number of hydrogen-bond acceptors (Lipinski definition) is 1. The maximum Gasteiger partial charge on any atom is 0.0462 e. The van der Waals surface area contributed by atoms with E-state index in [1.54, 1.807) is 7.11 Å². The minimum atomic E-state index is 0.189. The van der Waals surface area contributed by atoms with Crippen molar-refractivity contribution in [1.82, 2.24) is 0 Å². The Kier molecular flexibility index (Phi) is 4.47. The fourth-order valence-electron chi connectivity index (χ4n) is 3.03. The summed E-state index contributed by atoms with van der Waals surface area (Å²) in [7, 11) is 1.77. The van der Waals surface area contributed by atoms with Crippen LogP contribution < -0.4 is 0 Å². The summed E-state index contributed by atoms with van der Waals surface area (Å²) >= 11 is 6.30. The van der Waals surface area contributed by atoms with E-state index in [2.05, 4.69) is 24.3 Å². The summed E-state index contributed by atoms with van der Waals surface area (Å²) in [5.41, 5.74) is 3.17. The normalized spacial score (nSPS) is 23.4. The van der Waals surface area contributed by atoms with Crippen molar-refractivity contribution in [3.8, 4) is 0 Å². The summed E-state index contributed by atoms with van der Waals surface area (Å²) in [6.07, 6.45) is 5.92. The number of ether oxygens (including phenoxy) is 1. The van der Waals surface area contributed by atoms with Gasteiger partial charge in [-0.05, 0) is 43.2 Å². The molecule has 17 heavy (non-hydrogen) atoms. The van der Waals surface area contributed by atoms with Crippen LogP contribution in [0.4, 0.5) is 0 Å². The summed E-state index contributed by atoms with van der Waals surface area (Å²) in [4.78, 5) is 0. The van der Waals surface area contributed by atoms with Crippen LogP contribution in [0.15, 0.2) is 24.3 Å². The molecule has 0 saturated heterocycles. The lowest BCUT2D eigenvalue weighted by Gasteiger charge is -2.38. The van der Waals surface area contributed by atoms with Crippen molar-refractivity contribution in [2.24, 2.45) is 0 Å². The van der Waals surface area contributed by atoms with Gasteiger partial charge in [-0.1, -0.05) is 24.3 Å². The van der Waals surface area contributed by atoms with Gasteiger partial charge in [-0.2, -0.15) is 0 Å². The fraction of sp³-hybridized carbons (Fsp3) is 0.600. The number of halogens is 1. The molecule has 1 aromatic carbocycles. The van der Waals surface area contributed by atoms with E-state index in [9.17, 15) is 0 Å². The van der Waals surface area contributed by atoms with Gasteiger partial charge in [-0.15, -0.1) is 11.6 Å². The Morgan fingerprint density at radius 2 is 2.18 bits per heavy atom. The summed E-state index contributed by atoms with van der Waals surface area (Å²) in [5.74, 6) is 0.730. The van der Waals surface area contributed by atoms with Crippen molar-refractivity contribution in [2.75, 3.05) is 19.6 Å². The zero-order chi connectivity index (χ0) is 12.1. The SMILES string of the molecule is COCCCC1(CCl)CCCc2ccccc21. The fourth-order valence-corrected chi connectivity index (χ4v) is 3.44. The molecule has 1 unspecified atom stereocenters. The van der Waals surface area contributed by atoms with Gasteiger partial charge in [0.25, 0.3) is 0 Å². The van der Waals surface area contributed by atoms with Gasteiger partial charge >= 0.3 is 0 Å². The van der Waals surface area contributed by atoms with Gasteiger partial charge in [0, 0.05) is 25.0 Å². The van der Waals surface area contributed by atoms with E-state index in [1.807, 2.05) is 0 Å². The Labute approximate surface area is 109 Å². The van der Waals surface area contributed by atoms with Gasteiger partial charge in [0.15, 0.2) is 0 Å². The van der Waals surface area contributed by atoms with E-state index in [1.165, 1.54) is 30.4 Å². The second-order valence-corrected chi connectivity index (χ2v) is 5.29. The summed E-state index contributed by atoms with van der Waals surface area (Å²) in [6.45, 7) is 0.834. The molecule has 94 valence electrons. The van der Waals surface area contributed by atoms with Gasteiger partial charge < -0.3 is 4.74 Å². The van der Waals surface area contributed by atoms with Crippen LogP contribution in [0.5, 0.6) is 0 Å². The lowest BCUT2D eigenvalue weighted by Crippen LogP contribution is -2.33. The average molecular weight is 253 g/mol. The van der Waals surface area contributed by atoms with E-state index in [0.717, 1.165) is 25.3 Å². The van der Waals surface area contributed by atoms with E-state index in [4.69, 9.17) is 16.3 Å². The minimum Gasteiger partial charge on any atom is -0.385 e. The van der Waals surface area contributed by atoms with Crippen molar-refractivity contribution in [2.45, 2.75) is 37.5 Å². The van der Waals surface area contributed by atoms with Crippen LogP contribution in [-0.4, -0.2) is 19.6 Å². The molecule has 0 aromatic heterocycles. The lowest BCUT2D eigenvalue weighted by molar-refractivity contribution is 0.181. The van der Waals surface area contributed by atoms with Crippen LogP contribution in [0.2, 0.25) is 0 Å². The second-order valence-electron chi connectivity index (χ2n) is 5.02. The van der Waals surface area contributed by atoms with Crippen molar-refractivity contribution in [1.29, 1.82) is 0 Å². The number of aryl methyl sites for hydroxylation is 1. The predicted octanol–water partition coefficient (Wildman–Crippen LogP) is 3.93. The molecule has 0 bridgehead atoms. The Morgan fingerprint density at radius 3 is 2.94 bits per heavy atom. The molecule has 1 nitrogen and oxygen atoms in total. The zero-order valence-corrected chi connectivity index (χ0v) is 11.3. The first kappa shape index (κ1) is 12.9. The quantitative estimate of drug-likeness (QED) is 0.570. The largest absolute Gasteiger partial charge is 0.385 e. The second kappa shape index (κ2) is 5.88. The van der Waals surface area contributed by atoms with Crippen LogP contribution in [0, 0.1) is 0 Å². The summed E-state index contributed by atoms with van der Waals surface area (Å²) < 4.78 is 5.17. The first-order valence-corrected chi connectivity index (χ1v) is 6.99. The molecule has 1 atom stereocenters. The molecule has 2 heteroatoms. The van der Waals surface area contributed by atoms with Crippen LogP contribution in [-0.2, 0) is 16.6 Å². The number of methoxy groups -OCH3 is 1. The van der Waals surface area contributed by atoms with Gasteiger partial charge in [-0.25, -0.2) is 0 Å². The summed E-state index contributed by atoms with van der Waals surface area (Å²) in [6, 6.07) is 8.80. The monoisotopic (exact) mass is 252 g/mol. The van der Waals surface area contributed by atoms with Crippen LogP contribution in [0.25, 0.3) is 0 Å². The molecule has 0 saturated carbocycles. The highest BCUT2D eigenvalue weighted by Gasteiger charge is 2.34. The molecule has 1 aromatic rings. The average Bonchev–Trinajstić information content (AvgIpc) is 2.39. The van der Waals surface area contributed by atoms with Gasteiger partial charge in [-0.3, -0.25) is 0 Å². The molecule has 0 heterocycles. The smallest absolute Gasteiger partial charge is 0.0462 e. The molecular formula is C15H21ClO. The number of alkyl halides is 1. The maximum absolute atomic E-state index is 6.30. The van der Waals surface area contributed by atoms with Crippen molar-refractivity contribution in [3.63, 3.8) is 0 Å². The predicted molar refractivity (Wildman–Crippen MR) is 72.9 cm³/mol. The van der Waals surface area contributed by atoms with Crippen molar-refractivity contribution < 1.29 is 4.74 Å². The number of hydrogen-bond donors (Lipinski definition) is 0. The maximum atomic E-state index is 6.30. The van der Waals surface area contributed by atoms with Gasteiger partial charge in [0.05, 0.1) is 0 Å². The Bertz CT molecular complexity index is 364. The standard InChI is InChI=1S/C15H21ClO/c1-17-11-5-10-15(12-16)9-4-7-13-6-2-3-8-14(13)15/h2-3,6,8H,4-5,7,9-12H2,1H3. The molecular weight excluding hydrogens is 232 g/mol. The molecule has 0 N–H and O–H groups in total. The van der Waals surface area contributed by atoms with Crippen molar-refractivity contribution >= 4 is 11.6 Å². The number of benzene rings is 1. The molecule has 0 radical (unpaired) electrons. The molecule has 0 amide bonds. The highest BCUT2D eigenvalue weighted by Crippen LogP contribution is 2.41. The van der Waals surface area contributed by atoms with Crippen LogP contribution in [0.1, 0.15) is 36.8 Å².